The van der Waals surface area contributed by atoms with Crippen LogP contribution in [-0.4, -0.2) is 12.2 Å². The molecule has 0 radical (unpaired) electrons. The van der Waals surface area contributed by atoms with Crippen LogP contribution >= 0.6 is 22.6 Å². The molecule has 4 nitrogen and oxygen atoms in total. The summed E-state index contributed by atoms with van der Waals surface area (Å²) < 4.78 is 21.5. The van der Waals surface area contributed by atoms with Crippen molar-refractivity contribution in [1.29, 1.82) is 0 Å². The highest BCUT2D eigenvalue weighted by Gasteiger charge is 2.07. The molecule has 0 spiro atoms. The van der Waals surface area contributed by atoms with Gasteiger partial charge in [-0.2, -0.15) is 0 Å². The van der Waals surface area contributed by atoms with E-state index in [0.717, 1.165) is 0 Å². The Balaban J connectivity index is 3.16. The molecule has 1 aromatic carbocycles. The summed E-state index contributed by atoms with van der Waals surface area (Å²) in [6, 6.07) is 5.46. The zero-order valence-corrected chi connectivity index (χ0v) is 9.37. The van der Waals surface area contributed by atoms with Crippen molar-refractivity contribution < 1.29 is 13.2 Å². The highest BCUT2D eigenvalue weighted by molar-refractivity contribution is 14.1. The quantitative estimate of drug-likeness (QED) is 0.651. The molecule has 13 heavy (non-hydrogen) atoms. The first-order valence-corrected chi connectivity index (χ1v) is 5.86. The number of hydrogen-bond donors (Lipinski definition) is 1. The van der Waals surface area contributed by atoms with Crippen molar-refractivity contribution in [3.05, 3.63) is 29.8 Å². The summed E-state index contributed by atoms with van der Waals surface area (Å²) in [5, 5.41) is 4.87. The average Bonchev–Trinajstić information content (AvgIpc) is 2.03. The molecule has 0 aromatic heterocycles. The van der Waals surface area contributed by atoms with Crippen molar-refractivity contribution in [3.63, 3.8) is 0 Å². The van der Waals surface area contributed by atoms with Crippen LogP contribution in [0.1, 0.15) is 10.4 Å². The Kier molecular flexibility index (Phi) is 3.04. The minimum atomic E-state index is -3.66. The fraction of sp³-hybridized carbons (Fsp3) is 0. The van der Waals surface area contributed by atoms with Gasteiger partial charge < -0.3 is 0 Å². The van der Waals surface area contributed by atoms with Crippen LogP contribution in [0.25, 0.3) is 0 Å². The van der Waals surface area contributed by atoms with Crippen LogP contribution < -0.4 is 5.14 Å². The van der Waals surface area contributed by atoms with Gasteiger partial charge in [-0.05, 0) is 24.3 Å². The van der Waals surface area contributed by atoms with Gasteiger partial charge in [0.1, 0.15) is 0 Å². The Hall–Kier alpha value is -0.470. The Morgan fingerprint density at radius 2 is 1.69 bits per heavy atom. The molecule has 0 saturated heterocycles. The van der Waals surface area contributed by atoms with Crippen LogP contribution in [0.2, 0.25) is 0 Å². The summed E-state index contributed by atoms with van der Waals surface area (Å²) in [4.78, 5) is 10.8. The second-order valence-electron chi connectivity index (χ2n) is 2.34. The van der Waals surface area contributed by atoms with Gasteiger partial charge in [0.15, 0.2) is 0 Å². The van der Waals surface area contributed by atoms with Gasteiger partial charge in [0.05, 0.1) is 4.90 Å². The van der Waals surface area contributed by atoms with E-state index in [1.54, 1.807) is 22.6 Å². The van der Waals surface area contributed by atoms with Crippen molar-refractivity contribution in [2.45, 2.75) is 4.90 Å². The molecule has 6 heteroatoms. The third-order valence-corrected chi connectivity index (χ3v) is 2.96. The molecule has 0 bridgehead atoms. The highest BCUT2D eigenvalue weighted by Crippen LogP contribution is 2.11. The summed E-state index contributed by atoms with van der Waals surface area (Å²) in [6.07, 6.45) is 0. The first-order chi connectivity index (χ1) is 5.91. The Labute approximate surface area is 89.3 Å². The standard InChI is InChI=1S/C7H6INO3S/c8-7(10)5-1-3-6(4-2-5)13(9,11)12/h1-4H,(H2,9,11,12). The molecular weight excluding hydrogens is 305 g/mol. The van der Waals surface area contributed by atoms with Crippen LogP contribution in [0.3, 0.4) is 0 Å². The summed E-state index contributed by atoms with van der Waals surface area (Å²) in [5.41, 5.74) is 0.452. The largest absolute Gasteiger partial charge is 0.282 e. The number of carbonyl (C=O) groups is 1. The smallest absolute Gasteiger partial charge is 0.238 e. The van der Waals surface area contributed by atoms with Crippen LogP contribution in [-0.2, 0) is 10.0 Å². The van der Waals surface area contributed by atoms with Crippen molar-refractivity contribution in [3.8, 4) is 0 Å². The maximum Gasteiger partial charge on any atom is 0.238 e. The fourth-order valence-electron chi connectivity index (χ4n) is 0.776. The molecule has 1 aromatic rings. The zero-order valence-electron chi connectivity index (χ0n) is 6.40. The maximum absolute atomic E-state index is 10.8. The molecule has 1 rings (SSSR count). The molecule has 0 fully saturated rings. The maximum atomic E-state index is 10.8. The molecule has 0 atom stereocenters. The van der Waals surface area contributed by atoms with Crippen molar-refractivity contribution in [2.75, 3.05) is 0 Å². The van der Waals surface area contributed by atoms with Crippen LogP contribution in [0.5, 0.6) is 0 Å². The molecule has 0 saturated carbocycles. The normalized spacial score (nSPS) is 11.2. The van der Waals surface area contributed by atoms with E-state index >= 15 is 0 Å². The molecule has 0 aliphatic heterocycles. The Morgan fingerprint density at radius 1 is 1.23 bits per heavy atom. The van der Waals surface area contributed by atoms with Crippen LogP contribution in [0, 0.1) is 0 Å². The van der Waals surface area contributed by atoms with Crippen molar-refractivity contribution >= 4 is 36.4 Å². The summed E-state index contributed by atoms with van der Waals surface area (Å²) >= 11 is 1.62. The number of rotatable bonds is 2. The summed E-state index contributed by atoms with van der Waals surface area (Å²) in [6.45, 7) is 0. The highest BCUT2D eigenvalue weighted by atomic mass is 127. The number of hydrogen-bond acceptors (Lipinski definition) is 3. The number of primary sulfonamides is 1. The second-order valence-corrected chi connectivity index (χ2v) is 4.88. The van der Waals surface area contributed by atoms with E-state index < -0.39 is 10.0 Å². The summed E-state index contributed by atoms with van der Waals surface area (Å²) in [5.74, 6) is 0. The van der Waals surface area contributed by atoms with Gasteiger partial charge in [-0.25, -0.2) is 13.6 Å². The van der Waals surface area contributed by atoms with Crippen molar-refractivity contribution in [2.24, 2.45) is 5.14 Å². The Bertz CT molecular complexity index is 424. The van der Waals surface area contributed by atoms with E-state index in [2.05, 4.69) is 0 Å². The van der Waals surface area contributed by atoms with Crippen LogP contribution in [0.15, 0.2) is 29.2 Å². The SMILES string of the molecule is NS(=O)(=O)c1ccc(C(=O)I)cc1. The molecule has 70 valence electrons. The van der Waals surface area contributed by atoms with E-state index in [-0.39, 0.29) is 8.69 Å². The van der Waals surface area contributed by atoms with E-state index in [4.69, 9.17) is 5.14 Å². The molecule has 0 aliphatic rings. The Morgan fingerprint density at radius 3 is 2.00 bits per heavy atom. The predicted octanol–water partition coefficient (Wildman–Crippen LogP) is 0.909. The van der Waals surface area contributed by atoms with Gasteiger partial charge >= 0.3 is 0 Å². The van der Waals surface area contributed by atoms with Crippen molar-refractivity contribution in [1.82, 2.24) is 0 Å². The molecule has 0 heterocycles. The molecule has 0 unspecified atom stereocenters. The number of sulfonamides is 1. The lowest BCUT2D eigenvalue weighted by atomic mass is 10.2. The average molecular weight is 311 g/mol. The van der Waals surface area contributed by atoms with E-state index in [0.29, 0.717) is 5.56 Å². The van der Waals surface area contributed by atoms with Gasteiger partial charge in [0, 0.05) is 28.2 Å². The van der Waals surface area contributed by atoms with Gasteiger partial charge in [-0.15, -0.1) is 0 Å². The first-order valence-electron chi connectivity index (χ1n) is 3.24. The molecular formula is C7H6INO3S. The van der Waals surface area contributed by atoms with E-state index in [1.807, 2.05) is 0 Å². The van der Waals surface area contributed by atoms with Crippen LogP contribution in [0.4, 0.5) is 0 Å². The fourth-order valence-corrected chi connectivity index (χ4v) is 1.65. The zero-order chi connectivity index (χ0) is 10.1. The summed E-state index contributed by atoms with van der Waals surface area (Å²) in [7, 11) is -3.66. The number of carbonyl (C=O) groups excluding carboxylic acids is 1. The molecule has 0 amide bonds. The lowest BCUT2D eigenvalue weighted by molar-refractivity contribution is 0.110. The minimum Gasteiger partial charge on any atom is -0.282 e. The minimum absolute atomic E-state index is 0.00824. The van der Waals surface area contributed by atoms with Gasteiger partial charge in [0.25, 0.3) is 0 Å². The number of benzene rings is 1. The van der Waals surface area contributed by atoms with Gasteiger partial charge in [0.2, 0.25) is 13.8 Å². The lowest BCUT2D eigenvalue weighted by Crippen LogP contribution is -2.11. The van der Waals surface area contributed by atoms with E-state index in [1.165, 1.54) is 24.3 Å². The third kappa shape index (κ3) is 2.75. The predicted molar refractivity (Wildman–Crippen MR) is 56.2 cm³/mol. The second kappa shape index (κ2) is 3.72. The third-order valence-electron chi connectivity index (χ3n) is 1.41. The molecule has 0 aliphatic carbocycles. The molecule has 2 N–H and O–H groups in total. The van der Waals surface area contributed by atoms with Gasteiger partial charge in [-0.3, -0.25) is 4.79 Å². The number of halogens is 1. The lowest BCUT2D eigenvalue weighted by Gasteiger charge is -1.97. The van der Waals surface area contributed by atoms with Gasteiger partial charge in [-0.1, -0.05) is 0 Å². The number of nitrogens with two attached hydrogens (primary N) is 1. The monoisotopic (exact) mass is 311 g/mol. The van der Waals surface area contributed by atoms with E-state index in [9.17, 15) is 13.2 Å². The topological polar surface area (TPSA) is 77.2 Å². The first kappa shape index (κ1) is 10.6.